The van der Waals surface area contributed by atoms with Crippen LogP contribution in [0.1, 0.15) is 55.2 Å². The van der Waals surface area contributed by atoms with Crippen molar-refractivity contribution in [3.8, 4) is 0 Å². The fourth-order valence-corrected chi connectivity index (χ4v) is 3.50. The Morgan fingerprint density at radius 1 is 1.16 bits per heavy atom. The summed E-state index contributed by atoms with van der Waals surface area (Å²) in [7, 11) is 2.12. The van der Waals surface area contributed by atoms with Crippen LogP contribution >= 0.6 is 0 Å². The Labute approximate surface area is 118 Å². The maximum atomic E-state index is 3.53. The van der Waals surface area contributed by atoms with E-state index >= 15 is 0 Å². The first-order valence-electron chi connectivity index (χ1n) is 7.93. The van der Waals surface area contributed by atoms with E-state index < -0.39 is 0 Å². The lowest BCUT2D eigenvalue weighted by Crippen LogP contribution is -2.28. The first kappa shape index (κ1) is 14.6. The molecule has 106 valence electrons. The molecule has 1 N–H and O–H groups in total. The summed E-state index contributed by atoms with van der Waals surface area (Å²) in [6, 6.07) is 7.29. The molecule has 1 aliphatic carbocycles. The van der Waals surface area contributed by atoms with E-state index in [0.29, 0.717) is 6.04 Å². The van der Waals surface area contributed by atoms with Gasteiger partial charge in [0.15, 0.2) is 0 Å². The first-order chi connectivity index (χ1) is 9.20. The van der Waals surface area contributed by atoms with Gasteiger partial charge in [-0.05, 0) is 62.8 Å². The average Bonchev–Trinajstić information content (AvgIpc) is 2.91. The molecule has 1 nitrogen and oxygen atoms in total. The highest BCUT2D eigenvalue weighted by Crippen LogP contribution is 2.29. The SMILES string of the molecule is CNC(CCC1CCCC1)Cc1c(C)cccc1C. The predicted molar refractivity (Wildman–Crippen MR) is 83.7 cm³/mol. The third-order valence-electron chi connectivity index (χ3n) is 4.90. The molecule has 0 radical (unpaired) electrons. The lowest BCUT2D eigenvalue weighted by Gasteiger charge is -2.20. The van der Waals surface area contributed by atoms with Crippen molar-refractivity contribution in [3.63, 3.8) is 0 Å². The minimum Gasteiger partial charge on any atom is -0.317 e. The highest BCUT2D eigenvalue weighted by atomic mass is 14.9. The molecule has 0 heterocycles. The summed E-state index contributed by atoms with van der Waals surface area (Å²) in [5, 5.41) is 3.53. The van der Waals surface area contributed by atoms with Crippen molar-refractivity contribution in [3.05, 3.63) is 34.9 Å². The number of aryl methyl sites for hydroxylation is 2. The van der Waals surface area contributed by atoms with Gasteiger partial charge >= 0.3 is 0 Å². The third-order valence-corrected chi connectivity index (χ3v) is 4.90. The van der Waals surface area contributed by atoms with E-state index in [-0.39, 0.29) is 0 Å². The number of likely N-dealkylation sites (N-methyl/N-ethyl adjacent to an activating group) is 1. The number of rotatable bonds is 6. The molecule has 1 fully saturated rings. The number of benzene rings is 1. The zero-order valence-electron chi connectivity index (χ0n) is 12.8. The molecule has 0 amide bonds. The van der Waals surface area contributed by atoms with Crippen LogP contribution in [-0.2, 0) is 6.42 Å². The first-order valence-corrected chi connectivity index (χ1v) is 7.93. The predicted octanol–water partition coefficient (Wildman–Crippen LogP) is 4.40. The van der Waals surface area contributed by atoms with Gasteiger partial charge in [0.2, 0.25) is 0 Å². The topological polar surface area (TPSA) is 12.0 Å². The summed E-state index contributed by atoms with van der Waals surface area (Å²) in [5.41, 5.74) is 4.44. The Bertz CT molecular complexity index is 370. The molecule has 1 atom stereocenters. The van der Waals surface area contributed by atoms with Gasteiger partial charge in [-0.1, -0.05) is 43.9 Å². The van der Waals surface area contributed by atoms with Gasteiger partial charge in [0.05, 0.1) is 0 Å². The second kappa shape index (κ2) is 7.09. The Kier molecular flexibility index (Phi) is 5.45. The van der Waals surface area contributed by atoms with Gasteiger partial charge in [-0.3, -0.25) is 0 Å². The molecular formula is C18H29N. The molecule has 1 aromatic rings. The largest absolute Gasteiger partial charge is 0.317 e. The van der Waals surface area contributed by atoms with Crippen LogP contribution in [0.5, 0.6) is 0 Å². The van der Waals surface area contributed by atoms with Gasteiger partial charge in [-0.15, -0.1) is 0 Å². The van der Waals surface area contributed by atoms with E-state index in [2.05, 4.69) is 44.4 Å². The van der Waals surface area contributed by atoms with E-state index in [9.17, 15) is 0 Å². The summed E-state index contributed by atoms with van der Waals surface area (Å²) in [6.07, 6.45) is 9.80. The van der Waals surface area contributed by atoms with Crippen LogP contribution in [0.4, 0.5) is 0 Å². The van der Waals surface area contributed by atoms with Gasteiger partial charge < -0.3 is 5.32 Å². The van der Waals surface area contributed by atoms with Gasteiger partial charge in [0.25, 0.3) is 0 Å². The monoisotopic (exact) mass is 259 g/mol. The summed E-state index contributed by atoms with van der Waals surface area (Å²) in [4.78, 5) is 0. The zero-order chi connectivity index (χ0) is 13.7. The van der Waals surface area contributed by atoms with Crippen LogP contribution in [-0.4, -0.2) is 13.1 Å². The highest BCUT2D eigenvalue weighted by Gasteiger charge is 2.17. The Morgan fingerprint density at radius 2 is 1.79 bits per heavy atom. The van der Waals surface area contributed by atoms with Gasteiger partial charge in [-0.2, -0.15) is 0 Å². The van der Waals surface area contributed by atoms with Crippen LogP contribution in [0, 0.1) is 19.8 Å². The van der Waals surface area contributed by atoms with E-state index in [1.54, 1.807) is 5.56 Å². The third kappa shape index (κ3) is 4.07. The maximum absolute atomic E-state index is 3.53. The van der Waals surface area contributed by atoms with Crippen molar-refractivity contribution in [1.29, 1.82) is 0 Å². The van der Waals surface area contributed by atoms with Crippen LogP contribution in [0.2, 0.25) is 0 Å². The summed E-state index contributed by atoms with van der Waals surface area (Å²) in [6.45, 7) is 4.48. The molecule has 1 unspecified atom stereocenters. The Balaban J connectivity index is 1.90. The maximum Gasteiger partial charge on any atom is 0.0105 e. The molecule has 1 aliphatic rings. The molecule has 0 saturated heterocycles. The number of hydrogen-bond acceptors (Lipinski definition) is 1. The van der Waals surface area contributed by atoms with Gasteiger partial charge in [0, 0.05) is 6.04 Å². The van der Waals surface area contributed by atoms with Crippen molar-refractivity contribution >= 4 is 0 Å². The summed E-state index contributed by atoms with van der Waals surface area (Å²) >= 11 is 0. The molecule has 2 rings (SSSR count). The van der Waals surface area contributed by atoms with Crippen molar-refractivity contribution in [2.24, 2.45) is 5.92 Å². The minimum absolute atomic E-state index is 0.639. The van der Waals surface area contributed by atoms with Crippen LogP contribution < -0.4 is 5.32 Å². The lowest BCUT2D eigenvalue weighted by molar-refractivity contribution is 0.418. The lowest BCUT2D eigenvalue weighted by atomic mass is 9.92. The van der Waals surface area contributed by atoms with Crippen molar-refractivity contribution in [2.75, 3.05) is 7.05 Å². The van der Waals surface area contributed by atoms with Crippen LogP contribution in [0.25, 0.3) is 0 Å². The average molecular weight is 259 g/mol. The molecule has 1 saturated carbocycles. The zero-order valence-corrected chi connectivity index (χ0v) is 12.8. The minimum atomic E-state index is 0.639. The Morgan fingerprint density at radius 3 is 2.37 bits per heavy atom. The van der Waals surface area contributed by atoms with Crippen molar-refractivity contribution in [2.45, 2.75) is 64.8 Å². The van der Waals surface area contributed by atoms with Crippen LogP contribution in [0.3, 0.4) is 0 Å². The second-order valence-electron chi connectivity index (χ2n) is 6.29. The number of nitrogens with one attached hydrogen (secondary N) is 1. The fourth-order valence-electron chi connectivity index (χ4n) is 3.50. The molecule has 19 heavy (non-hydrogen) atoms. The molecule has 0 aromatic heterocycles. The normalized spacial score (nSPS) is 17.8. The quantitative estimate of drug-likeness (QED) is 0.798. The van der Waals surface area contributed by atoms with Gasteiger partial charge in [0.1, 0.15) is 0 Å². The van der Waals surface area contributed by atoms with Crippen molar-refractivity contribution in [1.82, 2.24) is 5.32 Å². The van der Waals surface area contributed by atoms with Crippen molar-refractivity contribution < 1.29 is 0 Å². The second-order valence-corrected chi connectivity index (χ2v) is 6.29. The molecule has 1 aromatic carbocycles. The molecule has 0 aliphatic heterocycles. The van der Waals surface area contributed by atoms with E-state index in [4.69, 9.17) is 0 Å². The summed E-state index contributed by atoms with van der Waals surface area (Å²) < 4.78 is 0. The fraction of sp³-hybridized carbons (Fsp3) is 0.667. The molecule has 0 spiro atoms. The number of hydrogen-bond donors (Lipinski definition) is 1. The van der Waals surface area contributed by atoms with Crippen LogP contribution in [0.15, 0.2) is 18.2 Å². The van der Waals surface area contributed by atoms with Gasteiger partial charge in [-0.25, -0.2) is 0 Å². The van der Waals surface area contributed by atoms with E-state index in [1.165, 1.54) is 56.1 Å². The molecule has 0 bridgehead atoms. The summed E-state index contributed by atoms with van der Waals surface area (Å²) in [5.74, 6) is 1.01. The smallest absolute Gasteiger partial charge is 0.0105 e. The highest BCUT2D eigenvalue weighted by molar-refractivity contribution is 5.34. The van der Waals surface area contributed by atoms with E-state index in [1.807, 2.05) is 0 Å². The molecule has 1 heteroatoms. The Hall–Kier alpha value is -0.820. The standard InChI is InChI=1S/C18H29N/c1-14-7-6-8-15(2)18(14)13-17(19-3)12-11-16-9-4-5-10-16/h6-8,16-17,19H,4-5,9-13H2,1-3H3. The van der Waals surface area contributed by atoms with E-state index in [0.717, 1.165) is 5.92 Å². The molecular weight excluding hydrogens is 230 g/mol.